The van der Waals surface area contributed by atoms with E-state index in [9.17, 15) is 9.90 Å². The molecule has 2 saturated heterocycles. The first-order chi connectivity index (χ1) is 11.0. The zero-order valence-electron chi connectivity index (χ0n) is 13.7. The molecule has 126 valence electrons. The van der Waals surface area contributed by atoms with E-state index >= 15 is 0 Å². The highest BCUT2D eigenvalue weighted by molar-refractivity contribution is 6.31. The number of benzene rings is 1. The molecule has 0 radical (unpaired) electrons. The summed E-state index contributed by atoms with van der Waals surface area (Å²) < 4.78 is 0. The zero-order valence-corrected chi connectivity index (χ0v) is 14.4. The lowest BCUT2D eigenvalue weighted by atomic mass is 9.71. The predicted octanol–water partition coefficient (Wildman–Crippen LogP) is 2.19. The first-order valence-electron chi connectivity index (χ1n) is 8.38. The van der Waals surface area contributed by atoms with Crippen LogP contribution in [0.4, 0.5) is 0 Å². The van der Waals surface area contributed by atoms with Gasteiger partial charge in [-0.1, -0.05) is 29.8 Å². The van der Waals surface area contributed by atoms with Crippen LogP contribution in [0.2, 0.25) is 5.02 Å². The van der Waals surface area contributed by atoms with E-state index in [-0.39, 0.29) is 17.4 Å². The first kappa shape index (κ1) is 16.7. The van der Waals surface area contributed by atoms with Crippen molar-refractivity contribution in [3.8, 4) is 0 Å². The molecule has 0 unspecified atom stereocenters. The summed E-state index contributed by atoms with van der Waals surface area (Å²) in [6.45, 7) is 3.23. The summed E-state index contributed by atoms with van der Waals surface area (Å²) in [5, 5.41) is 11.2. The predicted molar refractivity (Wildman–Crippen MR) is 91.5 cm³/mol. The van der Waals surface area contributed by atoms with Gasteiger partial charge in [0.2, 0.25) is 5.91 Å². The summed E-state index contributed by atoms with van der Waals surface area (Å²) in [5.41, 5.74) is 0.710. The fraction of sp³-hybridized carbons (Fsp3) is 0.611. The molecule has 0 saturated carbocycles. The van der Waals surface area contributed by atoms with Crippen LogP contribution in [0.25, 0.3) is 0 Å². The number of hydrogen-bond acceptors (Lipinski definition) is 3. The Morgan fingerprint density at radius 3 is 2.91 bits per heavy atom. The Balaban J connectivity index is 1.71. The Morgan fingerprint density at radius 1 is 1.35 bits per heavy atom. The number of aliphatic hydroxyl groups excluding tert-OH is 1. The monoisotopic (exact) mass is 336 g/mol. The number of aliphatic hydroxyl groups is 1. The van der Waals surface area contributed by atoms with Gasteiger partial charge in [0.1, 0.15) is 0 Å². The molecule has 5 heteroatoms. The highest BCUT2D eigenvalue weighted by atomic mass is 35.5. The molecular formula is C18H25ClN2O2. The molecule has 0 bridgehead atoms. The van der Waals surface area contributed by atoms with Crippen LogP contribution in [0.1, 0.15) is 24.8 Å². The summed E-state index contributed by atoms with van der Waals surface area (Å²) in [6.07, 6.45) is 2.77. The van der Waals surface area contributed by atoms with Crippen molar-refractivity contribution < 1.29 is 9.90 Å². The number of piperidine rings is 2. The maximum atomic E-state index is 12.7. The van der Waals surface area contributed by atoms with Crippen molar-refractivity contribution in [2.45, 2.75) is 31.8 Å². The molecule has 0 aliphatic carbocycles. The molecule has 1 spiro atoms. The minimum Gasteiger partial charge on any atom is -0.392 e. The number of carbonyl (C=O) groups is 1. The number of rotatable bonds is 2. The van der Waals surface area contributed by atoms with E-state index in [0.29, 0.717) is 18.0 Å². The molecule has 2 aliphatic rings. The van der Waals surface area contributed by atoms with Crippen LogP contribution in [0.3, 0.4) is 0 Å². The minimum atomic E-state index is -0.311. The number of carbonyl (C=O) groups excluding carboxylic acids is 1. The van der Waals surface area contributed by atoms with Crippen molar-refractivity contribution >= 4 is 17.5 Å². The maximum absolute atomic E-state index is 12.7. The van der Waals surface area contributed by atoms with Crippen LogP contribution in [0.15, 0.2) is 24.3 Å². The maximum Gasteiger partial charge on any atom is 0.227 e. The standard InChI is InChI=1S/C18H25ClN2O2/c1-20-10-7-16(22)18(12-20)8-4-9-21(13-18)17(23)11-14-5-2-3-6-15(14)19/h2-3,5-6,16,22H,4,7-13H2,1H3/t16-,18-/m0/s1. The van der Waals surface area contributed by atoms with Gasteiger partial charge < -0.3 is 14.9 Å². The SMILES string of the molecule is CN1CC[C@H](O)[C@@]2(CCCN(C(=O)Cc3ccccc3Cl)C2)C1. The molecule has 1 N–H and O–H groups in total. The molecule has 0 aromatic heterocycles. The Labute approximate surface area is 143 Å². The Bertz CT molecular complexity index is 580. The van der Waals surface area contributed by atoms with Crippen molar-refractivity contribution in [2.24, 2.45) is 5.41 Å². The Kier molecular flexibility index (Phi) is 4.95. The molecule has 2 atom stereocenters. The van der Waals surface area contributed by atoms with Crippen molar-refractivity contribution in [1.29, 1.82) is 0 Å². The van der Waals surface area contributed by atoms with Gasteiger partial charge >= 0.3 is 0 Å². The highest BCUT2D eigenvalue weighted by Crippen LogP contribution is 2.38. The van der Waals surface area contributed by atoms with Crippen molar-refractivity contribution in [1.82, 2.24) is 9.80 Å². The minimum absolute atomic E-state index is 0.109. The van der Waals surface area contributed by atoms with Crippen molar-refractivity contribution in [3.63, 3.8) is 0 Å². The lowest BCUT2D eigenvalue weighted by Gasteiger charge is -2.50. The molecule has 4 nitrogen and oxygen atoms in total. The first-order valence-corrected chi connectivity index (χ1v) is 8.76. The van der Waals surface area contributed by atoms with Gasteiger partial charge in [0.15, 0.2) is 0 Å². The van der Waals surface area contributed by atoms with Crippen LogP contribution in [0, 0.1) is 5.41 Å². The second-order valence-electron chi connectivity index (χ2n) is 7.09. The molecule has 1 aromatic rings. The van der Waals surface area contributed by atoms with Gasteiger partial charge in [-0.15, -0.1) is 0 Å². The van der Waals surface area contributed by atoms with Gasteiger partial charge in [0.05, 0.1) is 12.5 Å². The van der Waals surface area contributed by atoms with Gasteiger partial charge in [-0.25, -0.2) is 0 Å². The number of halogens is 1. The van der Waals surface area contributed by atoms with E-state index in [0.717, 1.165) is 44.5 Å². The van der Waals surface area contributed by atoms with E-state index in [2.05, 4.69) is 11.9 Å². The Hall–Kier alpha value is -1.10. The van der Waals surface area contributed by atoms with E-state index in [1.807, 2.05) is 29.2 Å². The van der Waals surface area contributed by atoms with Gasteiger partial charge in [0.25, 0.3) is 0 Å². The summed E-state index contributed by atoms with van der Waals surface area (Å²) in [5.74, 6) is 0.109. The van der Waals surface area contributed by atoms with Crippen LogP contribution >= 0.6 is 11.6 Å². The van der Waals surface area contributed by atoms with Crippen LogP contribution in [0.5, 0.6) is 0 Å². The van der Waals surface area contributed by atoms with Crippen molar-refractivity contribution in [3.05, 3.63) is 34.9 Å². The van der Waals surface area contributed by atoms with Crippen LogP contribution in [-0.4, -0.2) is 60.1 Å². The second-order valence-corrected chi connectivity index (χ2v) is 7.50. The highest BCUT2D eigenvalue weighted by Gasteiger charge is 2.45. The third-order valence-corrected chi connectivity index (χ3v) is 5.71. The smallest absolute Gasteiger partial charge is 0.227 e. The summed E-state index contributed by atoms with van der Waals surface area (Å²) in [7, 11) is 2.10. The molecule has 3 rings (SSSR count). The van der Waals surface area contributed by atoms with E-state index in [1.165, 1.54) is 0 Å². The third-order valence-electron chi connectivity index (χ3n) is 5.34. The molecule has 23 heavy (non-hydrogen) atoms. The number of amides is 1. The van der Waals surface area contributed by atoms with Gasteiger partial charge in [-0.2, -0.15) is 0 Å². The Morgan fingerprint density at radius 2 is 2.13 bits per heavy atom. The third kappa shape index (κ3) is 3.54. The van der Waals surface area contributed by atoms with Gasteiger partial charge in [-0.3, -0.25) is 4.79 Å². The summed E-state index contributed by atoms with van der Waals surface area (Å²) in [6, 6.07) is 7.51. The van der Waals surface area contributed by atoms with E-state index in [4.69, 9.17) is 11.6 Å². The quantitative estimate of drug-likeness (QED) is 0.900. The summed E-state index contributed by atoms with van der Waals surface area (Å²) in [4.78, 5) is 16.9. The fourth-order valence-electron chi connectivity index (χ4n) is 4.06. The van der Waals surface area contributed by atoms with Crippen LogP contribution < -0.4 is 0 Å². The van der Waals surface area contributed by atoms with Crippen molar-refractivity contribution in [2.75, 3.05) is 33.2 Å². The largest absolute Gasteiger partial charge is 0.392 e. The topological polar surface area (TPSA) is 43.8 Å². The average Bonchev–Trinajstić information content (AvgIpc) is 2.54. The second kappa shape index (κ2) is 6.80. The number of nitrogens with zero attached hydrogens (tertiary/aromatic N) is 2. The van der Waals surface area contributed by atoms with Crippen LogP contribution in [-0.2, 0) is 11.2 Å². The average molecular weight is 337 g/mol. The zero-order chi connectivity index (χ0) is 16.4. The molecule has 2 aliphatic heterocycles. The molecule has 2 fully saturated rings. The fourth-order valence-corrected chi connectivity index (χ4v) is 4.26. The molecule has 1 amide bonds. The molecule has 1 aromatic carbocycles. The lowest BCUT2D eigenvalue weighted by molar-refractivity contribution is -0.140. The van der Waals surface area contributed by atoms with Gasteiger partial charge in [0, 0.05) is 36.6 Å². The van der Waals surface area contributed by atoms with E-state index in [1.54, 1.807) is 0 Å². The molecule has 2 heterocycles. The number of likely N-dealkylation sites (tertiary alicyclic amines) is 2. The van der Waals surface area contributed by atoms with E-state index < -0.39 is 0 Å². The number of hydrogen-bond donors (Lipinski definition) is 1. The lowest BCUT2D eigenvalue weighted by Crippen LogP contribution is -2.59. The van der Waals surface area contributed by atoms with Gasteiger partial charge in [-0.05, 0) is 37.9 Å². The summed E-state index contributed by atoms with van der Waals surface area (Å²) >= 11 is 6.17. The normalized spacial score (nSPS) is 29.0. The molecular weight excluding hydrogens is 312 g/mol.